The number of hydrogen-bond acceptors (Lipinski definition) is 3. The minimum atomic E-state index is -4.38. The van der Waals surface area contributed by atoms with E-state index in [1.165, 1.54) is 12.1 Å². The molecule has 0 aliphatic carbocycles. The largest absolute Gasteiger partial charge is 0.416 e. The SMILES string of the molecule is CC(C)CCn1nnc(C#N)c1-c1ccc(C(F)(F)F)cc1. The standard InChI is InChI=1S/C15H15F3N4/c1-10(2)7-8-22-14(13(9-19)20-21-22)11-3-5-12(6-4-11)15(16,17)18/h3-6,10H,7-8H2,1-2H3. The molecule has 22 heavy (non-hydrogen) atoms. The van der Waals surface area contributed by atoms with Crippen molar-refractivity contribution in [2.75, 3.05) is 0 Å². The van der Waals surface area contributed by atoms with Crippen LogP contribution in [0.5, 0.6) is 0 Å². The molecule has 4 nitrogen and oxygen atoms in total. The van der Waals surface area contributed by atoms with Gasteiger partial charge in [-0.3, -0.25) is 0 Å². The van der Waals surface area contributed by atoms with Crippen molar-refractivity contribution in [3.8, 4) is 17.3 Å². The zero-order valence-corrected chi connectivity index (χ0v) is 12.2. The van der Waals surface area contributed by atoms with Gasteiger partial charge in [0.15, 0.2) is 5.69 Å². The van der Waals surface area contributed by atoms with Crippen molar-refractivity contribution in [1.82, 2.24) is 15.0 Å². The Morgan fingerprint density at radius 3 is 2.36 bits per heavy atom. The topological polar surface area (TPSA) is 54.5 Å². The lowest BCUT2D eigenvalue weighted by atomic mass is 10.1. The highest BCUT2D eigenvalue weighted by molar-refractivity contribution is 5.65. The summed E-state index contributed by atoms with van der Waals surface area (Å²) >= 11 is 0. The molecular weight excluding hydrogens is 293 g/mol. The number of halogens is 3. The van der Waals surface area contributed by atoms with Gasteiger partial charge < -0.3 is 0 Å². The molecule has 0 saturated heterocycles. The Kier molecular flexibility index (Phi) is 4.50. The average Bonchev–Trinajstić information content (AvgIpc) is 2.87. The fraction of sp³-hybridized carbons (Fsp3) is 0.400. The van der Waals surface area contributed by atoms with Crippen LogP contribution in [0, 0.1) is 17.2 Å². The summed E-state index contributed by atoms with van der Waals surface area (Å²) in [5, 5.41) is 16.8. The lowest BCUT2D eigenvalue weighted by molar-refractivity contribution is -0.137. The third-order valence-electron chi connectivity index (χ3n) is 3.24. The quantitative estimate of drug-likeness (QED) is 0.861. The van der Waals surface area contributed by atoms with E-state index in [2.05, 4.69) is 24.2 Å². The number of nitrogens with zero attached hydrogens (tertiary/aromatic N) is 4. The van der Waals surface area contributed by atoms with Gasteiger partial charge in [0.25, 0.3) is 0 Å². The van der Waals surface area contributed by atoms with Gasteiger partial charge in [0.05, 0.1) is 5.56 Å². The molecular formula is C15H15F3N4. The van der Waals surface area contributed by atoms with Crippen LogP contribution in [0.15, 0.2) is 24.3 Å². The number of alkyl halides is 3. The maximum absolute atomic E-state index is 12.6. The molecule has 2 aromatic rings. The van der Waals surface area contributed by atoms with Crippen LogP contribution < -0.4 is 0 Å². The monoisotopic (exact) mass is 308 g/mol. The lowest BCUT2D eigenvalue weighted by Crippen LogP contribution is -2.07. The van der Waals surface area contributed by atoms with E-state index in [1.54, 1.807) is 4.68 Å². The highest BCUT2D eigenvalue weighted by Crippen LogP contribution is 2.31. The summed E-state index contributed by atoms with van der Waals surface area (Å²) in [5.74, 6) is 0.440. The summed E-state index contributed by atoms with van der Waals surface area (Å²) in [5.41, 5.74) is 0.342. The van der Waals surface area contributed by atoms with E-state index in [4.69, 9.17) is 5.26 Å². The van der Waals surface area contributed by atoms with Crippen molar-refractivity contribution in [1.29, 1.82) is 5.26 Å². The van der Waals surface area contributed by atoms with Gasteiger partial charge in [-0.15, -0.1) is 5.10 Å². The Hall–Kier alpha value is -2.36. The van der Waals surface area contributed by atoms with Crippen LogP contribution in [0.4, 0.5) is 13.2 Å². The van der Waals surface area contributed by atoms with Crippen LogP contribution in [0.3, 0.4) is 0 Å². The molecule has 0 amide bonds. The van der Waals surface area contributed by atoms with Crippen molar-refractivity contribution in [2.45, 2.75) is 33.0 Å². The minimum absolute atomic E-state index is 0.114. The molecule has 0 aliphatic heterocycles. The molecule has 0 atom stereocenters. The van der Waals surface area contributed by atoms with E-state index in [-0.39, 0.29) is 5.69 Å². The van der Waals surface area contributed by atoms with Crippen LogP contribution >= 0.6 is 0 Å². The average molecular weight is 308 g/mol. The first-order valence-corrected chi connectivity index (χ1v) is 6.84. The van der Waals surface area contributed by atoms with Crippen molar-refractivity contribution in [2.24, 2.45) is 5.92 Å². The summed E-state index contributed by atoms with van der Waals surface area (Å²) in [6, 6.07) is 6.61. The molecule has 0 spiro atoms. The zero-order valence-electron chi connectivity index (χ0n) is 12.2. The van der Waals surface area contributed by atoms with Crippen LogP contribution in [0.2, 0.25) is 0 Å². The highest BCUT2D eigenvalue weighted by atomic mass is 19.4. The number of aromatic nitrogens is 3. The molecule has 116 valence electrons. The number of nitriles is 1. The predicted octanol–water partition coefficient (Wildman–Crippen LogP) is 3.88. The normalized spacial score (nSPS) is 11.7. The Morgan fingerprint density at radius 1 is 1.23 bits per heavy atom. The maximum Gasteiger partial charge on any atom is 0.416 e. The van der Waals surface area contributed by atoms with Gasteiger partial charge in [0, 0.05) is 12.1 Å². The molecule has 0 radical (unpaired) electrons. The van der Waals surface area contributed by atoms with Crippen LogP contribution in [0.1, 0.15) is 31.5 Å². The first kappa shape index (κ1) is 16.0. The summed E-state index contributed by atoms with van der Waals surface area (Å²) < 4.78 is 39.4. The Labute approximate surface area is 126 Å². The first-order chi connectivity index (χ1) is 10.3. The number of hydrogen-bond donors (Lipinski definition) is 0. The third-order valence-corrected chi connectivity index (χ3v) is 3.24. The molecule has 1 heterocycles. The molecule has 0 N–H and O–H groups in total. The fourth-order valence-corrected chi connectivity index (χ4v) is 2.03. The summed E-state index contributed by atoms with van der Waals surface area (Å²) in [4.78, 5) is 0. The third kappa shape index (κ3) is 3.45. The van der Waals surface area contributed by atoms with Crippen molar-refractivity contribution < 1.29 is 13.2 Å². The smallest absolute Gasteiger partial charge is 0.243 e. The van der Waals surface area contributed by atoms with E-state index < -0.39 is 11.7 Å². The minimum Gasteiger partial charge on any atom is -0.243 e. The molecule has 0 aliphatic rings. The lowest BCUT2D eigenvalue weighted by Gasteiger charge is -2.10. The van der Waals surface area contributed by atoms with Crippen molar-refractivity contribution >= 4 is 0 Å². The van der Waals surface area contributed by atoms with E-state index in [0.29, 0.717) is 23.7 Å². The van der Waals surface area contributed by atoms with Crippen molar-refractivity contribution in [3.63, 3.8) is 0 Å². The molecule has 1 aromatic carbocycles. The van der Waals surface area contributed by atoms with Gasteiger partial charge in [0.2, 0.25) is 0 Å². The maximum atomic E-state index is 12.6. The second kappa shape index (κ2) is 6.18. The van der Waals surface area contributed by atoms with Gasteiger partial charge in [-0.25, -0.2) is 4.68 Å². The fourth-order valence-electron chi connectivity index (χ4n) is 2.03. The number of aryl methyl sites for hydroxylation is 1. The van der Waals surface area contributed by atoms with E-state index >= 15 is 0 Å². The second-order valence-corrected chi connectivity index (χ2v) is 5.38. The first-order valence-electron chi connectivity index (χ1n) is 6.84. The van der Waals surface area contributed by atoms with Crippen molar-refractivity contribution in [3.05, 3.63) is 35.5 Å². The zero-order chi connectivity index (χ0) is 16.3. The van der Waals surface area contributed by atoms with Gasteiger partial charge >= 0.3 is 6.18 Å². The molecule has 1 aromatic heterocycles. The molecule has 0 bridgehead atoms. The second-order valence-electron chi connectivity index (χ2n) is 5.38. The van der Waals surface area contributed by atoms with Gasteiger partial charge in [0.1, 0.15) is 11.8 Å². The Balaban J connectivity index is 2.38. The van der Waals surface area contributed by atoms with E-state index in [0.717, 1.165) is 18.6 Å². The van der Waals surface area contributed by atoms with E-state index in [9.17, 15) is 13.2 Å². The molecule has 0 unspecified atom stereocenters. The number of benzene rings is 1. The molecule has 7 heteroatoms. The Morgan fingerprint density at radius 2 is 1.86 bits per heavy atom. The molecule has 0 saturated carbocycles. The van der Waals surface area contributed by atoms with Gasteiger partial charge in [-0.1, -0.05) is 31.2 Å². The van der Waals surface area contributed by atoms with Crippen LogP contribution in [-0.4, -0.2) is 15.0 Å². The van der Waals surface area contributed by atoms with Gasteiger partial charge in [-0.05, 0) is 24.5 Å². The van der Waals surface area contributed by atoms with E-state index in [1.807, 2.05) is 6.07 Å². The molecule has 0 fully saturated rings. The summed E-state index contributed by atoms with van der Waals surface area (Å²) in [6.07, 6.45) is -3.55. The summed E-state index contributed by atoms with van der Waals surface area (Å²) in [7, 11) is 0. The predicted molar refractivity (Wildman–Crippen MR) is 74.6 cm³/mol. The number of rotatable bonds is 4. The molecule has 2 rings (SSSR count). The summed E-state index contributed by atoms with van der Waals surface area (Å²) in [6.45, 7) is 4.67. The Bertz CT molecular complexity index is 678. The van der Waals surface area contributed by atoms with Gasteiger partial charge in [-0.2, -0.15) is 18.4 Å². The van der Waals surface area contributed by atoms with Crippen LogP contribution in [0.25, 0.3) is 11.3 Å². The highest BCUT2D eigenvalue weighted by Gasteiger charge is 2.30. The van der Waals surface area contributed by atoms with Crippen LogP contribution in [-0.2, 0) is 12.7 Å².